The Balaban J connectivity index is 1.14. The Morgan fingerprint density at radius 1 is 0.544 bits per heavy atom. The quantitative estimate of drug-likeness (QED) is 0.172. The second kappa shape index (κ2) is 17.0. The molecule has 8 aromatic carbocycles. The zero-order valence-corrected chi connectivity index (χ0v) is 38.1. The fourth-order valence-corrected chi connectivity index (χ4v) is 9.66. The number of nitrogens with zero attached hydrogens (tertiary/aromatic N) is 4. The van der Waals surface area contributed by atoms with E-state index in [1.165, 1.54) is 0 Å². The minimum atomic E-state index is -1.91. The van der Waals surface area contributed by atoms with E-state index in [9.17, 15) is 8.22 Å². The third-order valence-electron chi connectivity index (χ3n) is 12.6. The van der Waals surface area contributed by atoms with Gasteiger partial charge in [-0.15, -0.1) is 0 Å². The number of hydrogen-bond acceptors (Lipinski definition) is 5. The molecule has 10 aromatic rings. The van der Waals surface area contributed by atoms with Crippen LogP contribution in [0.15, 0.2) is 194 Å². The lowest BCUT2D eigenvalue weighted by atomic mass is 9.94. The van der Waals surface area contributed by atoms with E-state index >= 15 is 0 Å². The largest absolute Gasteiger partial charge is 0.457 e. The molecule has 4 aliphatic heterocycles. The smallest absolute Gasteiger partial charge is 0.137 e. The molecule has 0 saturated carbocycles. The third-order valence-corrected chi connectivity index (χ3v) is 12.6. The number of pyridine rings is 1. The maximum Gasteiger partial charge on any atom is 0.137 e. The van der Waals surface area contributed by atoms with E-state index in [0.29, 0.717) is 57.1 Å². The van der Waals surface area contributed by atoms with Gasteiger partial charge >= 0.3 is 0 Å². The second-order valence-corrected chi connectivity index (χ2v) is 17.9. The summed E-state index contributed by atoms with van der Waals surface area (Å²) in [6.07, 6.45) is -2.12. The van der Waals surface area contributed by atoms with Gasteiger partial charge in [0.05, 0.1) is 33.6 Å². The number of para-hydroxylation sites is 4. The molecule has 0 N–H and O–H groups in total. The van der Waals surface area contributed by atoms with Crippen LogP contribution >= 0.6 is 0 Å². The number of hydrogen-bond donors (Lipinski definition) is 0. The maximum atomic E-state index is 9.59. The van der Waals surface area contributed by atoms with Crippen molar-refractivity contribution in [1.82, 2.24) is 9.55 Å². The van der Waals surface area contributed by atoms with Gasteiger partial charge in [-0.2, -0.15) is 0 Å². The van der Waals surface area contributed by atoms with Crippen molar-refractivity contribution >= 4 is 44.6 Å². The zero-order valence-electron chi connectivity index (χ0n) is 46.1. The van der Waals surface area contributed by atoms with Gasteiger partial charge in [0, 0.05) is 57.0 Å². The van der Waals surface area contributed by atoms with E-state index in [0.717, 1.165) is 45.0 Å². The summed E-state index contributed by atoms with van der Waals surface area (Å²) in [7, 11) is 0. The molecule has 6 heterocycles. The fraction of sp³-hybridized carbons (Fsp3) is 0.145. The number of aromatic nitrogens is 2. The molecular formula is C62H52N4O2. The van der Waals surface area contributed by atoms with Crippen molar-refractivity contribution in [2.45, 2.75) is 40.4 Å². The van der Waals surface area contributed by atoms with Crippen LogP contribution in [-0.4, -0.2) is 16.2 Å². The SMILES string of the molecule is [2H]c1c([2H])c([2H])c2c(c1[2H])c1ccc3cc1n2-c1cc(C([2H])([2H])C(C)C)c(cn1)-c1cccc(c1)Oc1ccc(cc1)-c1cccc(-c2ccccc2)c1N1CN(c2ccc(C([2H])([2H])C(C)C)c(c2)O3)c2ccccc21. The number of rotatable bonds is 5. The molecule has 6 heteroatoms. The molecular weight excluding hydrogens is 833 g/mol. The average molecular weight is 893 g/mol. The topological polar surface area (TPSA) is 42.8 Å². The molecule has 2 aromatic heterocycles. The van der Waals surface area contributed by atoms with Gasteiger partial charge in [-0.05, 0) is 119 Å². The molecule has 0 spiro atoms. The summed E-state index contributed by atoms with van der Waals surface area (Å²) < 4.78 is 89.4. The average Bonchev–Trinajstić information content (AvgIpc) is 4.02. The molecule has 0 amide bonds. The van der Waals surface area contributed by atoms with E-state index in [1.807, 2.05) is 107 Å². The summed E-state index contributed by atoms with van der Waals surface area (Å²) in [5, 5.41) is 0.769. The van der Waals surface area contributed by atoms with E-state index in [1.54, 1.807) is 41.1 Å². The van der Waals surface area contributed by atoms with E-state index in [-0.39, 0.29) is 40.6 Å². The molecule has 0 fully saturated rings. The van der Waals surface area contributed by atoms with E-state index in [4.69, 9.17) is 17.2 Å². The molecule has 4 aliphatic rings. The summed E-state index contributed by atoms with van der Waals surface area (Å²) >= 11 is 0. The highest BCUT2D eigenvalue weighted by molar-refractivity contribution is 6.09. The number of fused-ring (bicyclic) bond motifs is 5. The third kappa shape index (κ3) is 7.43. The van der Waals surface area contributed by atoms with Gasteiger partial charge in [-0.25, -0.2) is 4.98 Å². The number of ether oxygens (including phenoxy) is 2. The van der Waals surface area contributed by atoms with Gasteiger partial charge in [-0.3, -0.25) is 4.57 Å². The van der Waals surface area contributed by atoms with Crippen molar-refractivity contribution in [3.63, 3.8) is 0 Å². The predicted octanol–water partition coefficient (Wildman–Crippen LogP) is 16.7. The minimum Gasteiger partial charge on any atom is -0.457 e. The lowest BCUT2D eigenvalue weighted by Crippen LogP contribution is -2.25. The lowest BCUT2D eigenvalue weighted by molar-refractivity contribution is 0.471. The van der Waals surface area contributed by atoms with Crippen LogP contribution in [0.4, 0.5) is 22.7 Å². The normalized spacial score (nSPS) is 15.0. The second-order valence-electron chi connectivity index (χ2n) is 17.9. The Labute approximate surface area is 409 Å². The van der Waals surface area contributed by atoms with Gasteiger partial charge < -0.3 is 19.3 Å². The highest BCUT2D eigenvalue weighted by atomic mass is 16.5. The number of anilines is 4. The van der Waals surface area contributed by atoms with Crippen LogP contribution in [-0.2, 0) is 12.7 Å². The van der Waals surface area contributed by atoms with Crippen molar-refractivity contribution in [3.05, 3.63) is 205 Å². The van der Waals surface area contributed by atoms with Crippen molar-refractivity contribution in [2.75, 3.05) is 16.5 Å². The monoisotopic (exact) mass is 892 g/mol. The maximum absolute atomic E-state index is 9.59. The van der Waals surface area contributed by atoms with Crippen LogP contribution in [0.2, 0.25) is 0 Å². The van der Waals surface area contributed by atoms with E-state index < -0.39 is 30.6 Å². The zero-order chi connectivity index (χ0) is 52.9. The van der Waals surface area contributed by atoms with Crippen molar-refractivity contribution < 1.29 is 20.4 Å². The van der Waals surface area contributed by atoms with Crippen LogP contribution in [0.25, 0.3) is 61.0 Å². The van der Waals surface area contributed by atoms with Crippen molar-refractivity contribution in [2.24, 2.45) is 11.8 Å². The van der Waals surface area contributed by atoms with Crippen LogP contribution < -0.4 is 19.3 Å². The molecule has 0 saturated heterocycles. The fourth-order valence-electron chi connectivity index (χ4n) is 9.66. The van der Waals surface area contributed by atoms with Gasteiger partial charge in [0.2, 0.25) is 0 Å². The summed E-state index contributed by atoms with van der Waals surface area (Å²) in [5.41, 5.74) is 10.2. The first-order valence-corrected chi connectivity index (χ1v) is 23.1. The van der Waals surface area contributed by atoms with E-state index in [2.05, 4.69) is 64.4 Å². The molecule has 14 rings (SSSR count). The van der Waals surface area contributed by atoms with Gasteiger partial charge in [0.15, 0.2) is 0 Å². The molecule has 332 valence electrons. The first kappa shape index (κ1) is 33.4. The molecule has 68 heavy (non-hydrogen) atoms. The molecule has 12 bridgehead atoms. The Kier molecular flexibility index (Phi) is 8.33. The molecule has 0 radical (unpaired) electrons. The van der Waals surface area contributed by atoms with Crippen LogP contribution in [0.1, 0.15) is 49.8 Å². The Bertz CT molecular complexity index is 3950. The van der Waals surface area contributed by atoms with Crippen molar-refractivity contribution in [3.8, 4) is 62.2 Å². The summed E-state index contributed by atoms with van der Waals surface area (Å²) in [4.78, 5) is 9.53. The summed E-state index contributed by atoms with van der Waals surface area (Å²) in [6.45, 7) is 7.72. The van der Waals surface area contributed by atoms with Gasteiger partial charge in [0.1, 0.15) is 35.5 Å². The molecule has 0 unspecified atom stereocenters. The summed E-state index contributed by atoms with van der Waals surface area (Å²) in [6, 6.07) is 51.8. The Hall–Kier alpha value is -8.09. The highest BCUT2D eigenvalue weighted by Crippen LogP contribution is 2.51. The Morgan fingerprint density at radius 3 is 2.01 bits per heavy atom. The first-order valence-electron chi connectivity index (χ1n) is 27.1. The molecule has 0 aliphatic carbocycles. The van der Waals surface area contributed by atoms with Crippen LogP contribution in [0.3, 0.4) is 0 Å². The van der Waals surface area contributed by atoms with Gasteiger partial charge in [0.25, 0.3) is 0 Å². The summed E-state index contributed by atoms with van der Waals surface area (Å²) in [5.74, 6) is 1.05. The standard InChI is InChI=1S/C62H52N4O2/c1-40(2)32-45-24-27-47-36-60(45)68-50-30-31-54-53-18-8-9-21-56(53)66(59(54)37-50)61-35-46(33-41(3)4)55(38-63-61)44-16-12-17-49(34-44)67-48-28-25-43(26-29-48)52-20-13-19-51(42-14-6-5-7-15-42)62(52)65-39-64(47)57-22-10-11-23-58(57)65/h5-31,34-38,40-41H,32-33,39H2,1-4H3/i8D,9D,18D,21D,32D2,33D2. The minimum absolute atomic E-state index is 0.168. The van der Waals surface area contributed by atoms with Crippen LogP contribution in [0.5, 0.6) is 23.0 Å². The number of benzene rings is 8. The van der Waals surface area contributed by atoms with Gasteiger partial charge in [-0.1, -0.05) is 137 Å². The highest BCUT2D eigenvalue weighted by Gasteiger charge is 2.32. The predicted molar refractivity (Wildman–Crippen MR) is 281 cm³/mol. The van der Waals surface area contributed by atoms with Crippen LogP contribution in [0, 0.1) is 11.8 Å². The first-order chi connectivity index (χ1) is 36.5. The Morgan fingerprint density at radius 2 is 1.22 bits per heavy atom. The molecule has 0 atom stereocenters. The van der Waals surface area contributed by atoms with Crippen molar-refractivity contribution in [1.29, 1.82) is 0 Å². The molecule has 6 nitrogen and oxygen atoms in total. The lowest BCUT2D eigenvalue weighted by Gasteiger charge is -2.27.